The molecule has 3 aromatic rings. The quantitative estimate of drug-likeness (QED) is 0.749. The number of nitrogens with zero attached hydrogens (tertiary/aromatic N) is 2. The van der Waals surface area contributed by atoms with E-state index in [9.17, 15) is 4.79 Å². The Balaban J connectivity index is 1.78. The van der Waals surface area contributed by atoms with E-state index in [1.807, 2.05) is 30.3 Å². The van der Waals surface area contributed by atoms with Crippen LogP contribution in [0.3, 0.4) is 0 Å². The Hall–Kier alpha value is -2.43. The summed E-state index contributed by atoms with van der Waals surface area (Å²) in [5, 5.41) is 3.24. The molecule has 0 aliphatic heterocycles. The third kappa shape index (κ3) is 3.50. The van der Waals surface area contributed by atoms with Crippen LogP contribution in [0.5, 0.6) is 0 Å². The number of benzene rings is 2. The second-order valence-corrected chi connectivity index (χ2v) is 5.50. The molecule has 3 rings (SSSR count). The zero-order valence-corrected chi connectivity index (χ0v) is 13.3. The Labute approximate surface area is 143 Å². The van der Waals surface area contributed by atoms with Crippen LogP contribution in [-0.4, -0.2) is 15.9 Å². The van der Waals surface area contributed by atoms with Crippen LogP contribution in [0.15, 0.2) is 60.9 Å². The second-order valence-electron chi connectivity index (χ2n) is 4.72. The van der Waals surface area contributed by atoms with Gasteiger partial charge in [0.05, 0.1) is 33.7 Å². The van der Waals surface area contributed by atoms with Gasteiger partial charge >= 0.3 is 0 Å². The van der Waals surface area contributed by atoms with Gasteiger partial charge in [-0.2, -0.15) is 0 Å². The summed E-state index contributed by atoms with van der Waals surface area (Å²) in [6.07, 6.45) is 3.09. The van der Waals surface area contributed by atoms with Crippen molar-refractivity contribution in [1.82, 2.24) is 9.97 Å². The van der Waals surface area contributed by atoms with Crippen LogP contribution in [0, 0.1) is 0 Å². The average molecular weight is 344 g/mol. The van der Waals surface area contributed by atoms with Gasteiger partial charge in [-0.25, -0.2) is 9.97 Å². The molecule has 0 bridgehead atoms. The molecule has 0 saturated carbocycles. The number of carbonyl (C=O) groups excluding carboxylic acids is 1. The maximum absolute atomic E-state index is 12.2. The Morgan fingerprint density at radius 1 is 0.913 bits per heavy atom. The summed E-state index contributed by atoms with van der Waals surface area (Å²) < 4.78 is 0. The summed E-state index contributed by atoms with van der Waals surface area (Å²) in [6, 6.07) is 14.5. The zero-order chi connectivity index (χ0) is 16.2. The fourth-order valence-electron chi connectivity index (χ4n) is 2.01. The highest BCUT2D eigenvalue weighted by molar-refractivity contribution is 6.44. The molecule has 0 atom stereocenters. The summed E-state index contributed by atoms with van der Waals surface area (Å²) in [6.45, 7) is 0. The van der Waals surface area contributed by atoms with Crippen molar-refractivity contribution in [2.45, 2.75) is 0 Å². The Kier molecular flexibility index (Phi) is 4.55. The topological polar surface area (TPSA) is 54.9 Å². The van der Waals surface area contributed by atoms with Crippen molar-refractivity contribution in [2.75, 3.05) is 5.32 Å². The van der Waals surface area contributed by atoms with Crippen LogP contribution >= 0.6 is 23.2 Å². The molecule has 1 heterocycles. The number of rotatable bonds is 3. The molecule has 0 radical (unpaired) electrons. The fraction of sp³-hybridized carbons (Fsp3) is 0. The Bertz CT molecular complexity index is 836. The highest BCUT2D eigenvalue weighted by atomic mass is 35.5. The van der Waals surface area contributed by atoms with Crippen molar-refractivity contribution < 1.29 is 4.79 Å². The van der Waals surface area contributed by atoms with Crippen LogP contribution < -0.4 is 5.32 Å². The van der Waals surface area contributed by atoms with Gasteiger partial charge in [0.15, 0.2) is 5.82 Å². The highest BCUT2D eigenvalue weighted by Gasteiger charge is 2.13. The number of hydrogen-bond donors (Lipinski definition) is 1. The first-order valence-electron chi connectivity index (χ1n) is 6.78. The van der Waals surface area contributed by atoms with Crippen molar-refractivity contribution >= 4 is 34.8 Å². The monoisotopic (exact) mass is 343 g/mol. The van der Waals surface area contributed by atoms with Crippen LogP contribution in [-0.2, 0) is 0 Å². The third-order valence-corrected chi connectivity index (χ3v) is 3.96. The first-order valence-corrected chi connectivity index (χ1v) is 7.53. The van der Waals surface area contributed by atoms with Gasteiger partial charge in [0.1, 0.15) is 0 Å². The van der Waals surface area contributed by atoms with Crippen molar-refractivity contribution in [2.24, 2.45) is 0 Å². The summed E-state index contributed by atoms with van der Waals surface area (Å²) >= 11 is 11.9. The number of anilines is 1. The zero-order valence-electron chi connectivity index (χ0n) is 11.8. The predicted octanol–water partition coefficient (Wildman–Crippen LogP) is 4.70. The molecule has 1 amide bonds. The van der Waals surface area contributed by atoms with Crippen molar-refractivity contribution in [3.63, 3.8) is 0 Å². The Morgan fingerprint density at radius 3 is 2.30 bits per heavy atom. The number of amides is 1. The lowest BCUT2D eigenvalue weighted by atomic mass is 10.2. The number of aromatic nitrogens is 2. The normalized spacial score (nSPS) is 10.3. The standard InChI is InChI=1S/C17H11Cl2N3O/c18-14-8-4-7-13(15(14)19)17(23)22-12-9-20-16(21-10-12)11-5-2-1-3-6-11/h1-10H,(H,22,23). The van der Waals surface area contributed by atoms with E-state index in [1.165, 1.54) is 0 Å². The van der Waals surface area contributed by atoms with Gasteiger partial charge in [-0.3, -0.25) is 4.79 Å². The summed E-state index contributed by atoms with van der Waals surface area (Å²) in [4.78, 5) is 20.7. The molecule has 1 aromatic heterocycles. The molecular formula is C17H11Cl2N3O. The van der Waals surface area contributed by atoms with E-state index in [4.69, 9.17) is 23.2 Å². The van der Waals surface area contributed by atoms with Gasteiger partial charge in [0.25, 0.3) is 5.91 Å². The number of hydrogen-bond acceptors (Lipinski definition) is 3. The van der Waals surface area contributed by atoms with Crippen molar-refractivity contribution in [3.8, 4) is 11.4 Å². The maximum atomic E-state index is 12.2. The van der Waals surface area contributed by atoms with E-state index in [0.29, 0.717) is 22.1 Å². The lowest BCUT2D eigenvalue weighted by molar-refractivity contribution is 0.102. The first kappa shape index (κ1) is 15.5. The van der Waals surface area contributed by atoms with Crippen LogP contribution in [0.25, 0.3) is 11.4 Å². The molecule has 23 heavy (non-hydrogen) atoms. The van der Waals surface area contributed by atoms with Gasteiger partial charge < -0.3 is 5.32 Å². The molecule has 0 unspecified atom stereocenters. The molecule has 2 aromatic carbocycles. The summed E-state index contributed by atoms with van der Waals surface area (Å²) in [5.74, 6) is 0.220. The van der Waals surface area contributed by atoms with Gasteiger partial charge in [-0.15, -0.1) is 0 Å². The molecule has 1 N–H and O–H groups in total. The largest absolute Gasteiger partial charge is 0.319 e. The van der Waals surface area contributed by atoms with Crippen LogP contribution in [0.4, 0.5) is 5.69 Å². The van der Waals surface area contributed by atoms with Gasteiger partial charge in [0.2, 0.25) is 0 Å². The maximum Gasteiger partial charge on any atom is 0.257 e. The van der Waals surface area contributed by atoms with E-state index in [0.717, 1.165) is 5.56 Å². The molecule has 0 aliphatic rings. The molecule has 0 fully saturated rings. The minimum Gasteiger partial charge on any atom is -0.319 e. The fourth-order valence-corrected chi connectivity index (χ4v) is 2.39. The highest BCUT2D eigenvalue weighted by Crippen LogP contribution is 2.26. The van der Waals surface area contributed by atoms with E-state index in [1.54, 1.807) is 30.6 Å². The third-order valence-electron chi connectivity index (χ3n) is 3.14. The minimum absolute atomic E-state index is 0.216. The number of halogens is 2. The lowest BCUT2D eigenvalue weighted by Crippen LogP contribution is -2.13. The van der Waals surface area contributed by atoms with Crippen molar-refractivity contribution in [1.29, 1.82) is 0 Å². The number of carbonyl (C=O) groups is 1. The molecule has 0 saturated heterocycles. The minimum atomic E-state index is -0.367. The lowest BCUT2D eigenvalue weighted by Gasteiger charge is -2.07. The summed E-state index contributed by atoms with van der Waals surface area (Å²) in [5.41, 5.74) is 1.68. The van der Waals surface area contributed by atoms with Crippen molar-refractivity contribution in [3.05, 3.63) is 76.5 Å². The smallest absolute Gasteiger partial charge is 0.257 e. The summed E-state index contributed by atoms with van der Waals surface area (Å²) in [7, 11) is 0. The Morgan fingerprint density at radius 2 is 1.61 bits per heavy atom. The molecule has 0 aliphatic carbocycles. The van der Waals surface area contributed by atoms with Gasteiger partial charge in [-0.1, -0.05) is 59.6 Å². The van der Waals surface area contributed by atoms with E-state index >= 15 is 0 Å². The molecule has 4 nitrogen and oxygen atoms in total. The van der Waals surface area contributed by atoms with Crippen LogP contribution in [0.1, 0.15) is 10.4 Å². The van der Waals surface area contributed by atoms with E-state index < -0.39 is 0 Å². The molecule has 114 valence electrons. The molecule has 6 heteroatoms. The van der Waals surface area contributed by atoms with E-state index in [-0.39, 0.29) is 10.9 Å². The van der Waals surface area contributed by atoms with Crippen LogP contribution in [0.2, 0.25) is 10.0 Å². The van der Waals surface area contributed by atoms with E-state index in [2.05, 4.69) is 15.3 Å². The first-order chi connectivity index (χ1) is 11.1. The predicted molar refractivity (Wildman–Crippen MR) is 91.9 cm³/mol. The van der Waals surface area contributed by atoms with Gasteiger partial charge in [-0.05, 0) is 12.1 Å². The molecular weight excluding hydrogens is 333 g/mol. The molecule has 0 spiro atoms. The van der Waals surface area contributed by atoms with Gasteiger partial charge in [0, 0.05) is 5.56 Å². The SMILES string of the molecule is O=C(Nc1cnc(-c2ccccc2)nc1)c1cccc(Cl)c1Cl. The average Bonchev–Trinajstić information content (AvgIpc) is 2.59. The second kappa shape index (κ2) is 6.77. The number of nitrogens with one attached hydrogen (secondary N) is 1.